The molecular weight excluding hydrogens is 240 g/mol. The van der Waals surface area contributed by atoms with Gasteiger partial charge in [-0.25, -0.2) is 9.97 Å². The summed E-state index contributed by atoms with van der Waals surface area (Å²) >= 11 is 7.66. The summed E-state index contributed by atoms with van der Waals surface area (Å²) in [5.41, 5.74) is 2.18. The van der Waals surface area contributed by atoms with Gasteiger partial charge in [0.2, 0.25) is 0 Å². The topological polar surface area (TPSA) is 25.8 Å². The van der Waals surface area contributed by atoms with Gasteiger partial charge in [0.25, 0.3) is 0 Å². The van der Waals surface area contributed by atoms with Crippen molar-refractivity contribution in [3.05, 3.63) is 33.9 Å². The number of hydrogen-bond donors (Lipinski definition) is 0. The molecule has 0 bridgehead atoms. The Kier molecular flexibility index (Phi) is 3.26. The maximum Gasteiger partial charge on any atom is 0.171 e. The van der Waals surface area contributed by atoms with Gasteiger partial charge < -0.3 is 0 Å². The van der Waals surface area contributed by atoms with Crippen molar-refractivity contribution in [3.8, 4) is 10.7 Å². The first-order valence-electron chi connectivity index (χ1n) is 5.17. The Hall–Kier alpha value is -0.930. The highest BCUT2D eigenvalue weighted by molar-refractivity contribution is 7.13. The lowest BCUT2D eigenvalue weighted by molar-refractivity contribution is 0.817. The quantitative estimate of drug-likeness (QED) is 0.745. The van der Waals surface area contributed by atoms with E-state index in [2.05, 4.69) is 36.8 Å². The van der Waals surface area contributed by atoms with E-state index in [1.165, 1.54) is 5.56 Å². The molecule has 0 spiro atoms. The number of aryl methyl sites for hydroxylation is 1. The Bertz CT molecular complexity index is 505. The largest absolute Gasteiger partial charge is 0.232 e. The molecule has 0 fully saturated rings. The van der Waals surface area contributed by atoms with Crippen LogP contribution in [-0.4, -0.2) is 9.97 Å². The molecule has 0 radical (unpaired) electrons. The fourth-order valence-corrected chi connectivity index (χ4v) is 2.48. The highest BCUT2D eigenvalue weighted by atomic mass is 35.5. The van der Waals surface area contributed by atoms with E-state index in [4.69, 9.17) is 11.6 Å². The molecule has 0 amide bonds. The van der Waals surface area contributed by atoms with Gasteiger partial charge >= 0.3 is 0 Å². The Morgan fingerprint density at radius 1 is 1.31 bits per heavy atom. The Balaban J connectivity index is 2.54. The maximum absolute atomic E-state index is 6.02. The average molecular weight is 253 g/mol. The maximum atomic E-state index is 6.02. The molecule has 0 N–H and O–H groups in total. The first-order chi connectivity index (χ1) is 7.58. The first-order valence-corrected chi connectivity index (χ1v) is 6.42. The van der Waals surface area contributed by atoms with Crippen molar-refractivity contribution in [1.29, 1.82) is 0 Å². The zero-order valence-corrected chi connectivity index (χ0v) is 11.1. The van der Waals surface area contributed by atoms with Crippen LogP contribution in [0.2, 0.25) is 5.15 Å². The van der Waals surface area contributed by atoms with Crippen molar-refractivity contribution in [1.82, 2.24) is 9.97 Å². The van der Waals surface area contributed by atoms with Crippen LogP contribution in [0.15, 0.2) is 17.5 Å². The summed E-state index contributed by atoms with van der Waals surface area (Å²) in [7, 11) is 0. The lowest BCUT2D eigenvalue weighted by Gasteiger charge is -2.07. The van der Waals surface area contributed by atoms with Crippen molar-refractivity contribution in [2.24, 2.45) is 0 Å². The van der Waals surface area contributed by atoms with Gasteiger partial charge in [-0.1, -0.05) is 25.4 Å². The van der Waals surface area contributed by atoms with Crippen molar-refractivity contribution in [2.75, 3.05) is 0 Å². The summed E-state index contributed by atoms with van der Waals surface area (Å²) in [6.45, 7) is 6.26. The fourth-order valence-electron chi connectivity index (χ4n) is 1.43. The number of aromatic nitrogens is 2. The van der Waals surface area contributed by atoms with Crippen molar-refractivity contribution >= 4 is 22.9 Å². The summed E-state index contributed by atoms with van der Waals surface area (Å²) in [6, 6.07) is 3.90. The van der Waals surface area contributed by atoms with E-state index in [1.54, 1.807) is 11.3 Å². The number of nitrogens with zero attached hydrogens (tertiary/aromatic N) is 2. The lowest BCUT2D eigenvalue weighted by Crippen LogP contribution is -1.97. The minimum absolute atomic E-state index is 0.361. The predicted octanol–water partition coefficient (Wildman–Crippen LogP) is 4.29. The second kappa shape index (κ2) is 4.52. The van der Waals surface area contributed by atoms with Crippen LogP contribution in [0.3, 0.4) is 0 Å². The second-order valence-corrected chi connectivity index (χ2v) is 5.33. The molecule has 0 aliphatic rings. The third kappa shape index (κ3) is 2.25. The van der Waals surface area contributed by atoms with Gasteiger partial charge in [-0.05, 0) is 35.9 Å². The summed E-state index contributed by atoms with van der Waals surface area (Å²) in [5.74, 6) is 1.10. The van der Waals surface area contributed by atoms with Gasteiger partial charge in [-0.2, -0.15) is 0 Å². The highest BCUT2D eigenvalue weighted by Gasteiger charge is 2.11. The van der Waals surface area contributed by atoms with Gasteiger partial charge in [-0.15, -0.1) is 11.3 Å². The van der Waals surface area contributed by atoms with Crippen molar-refractivity contribution < 1.29 is 0 Å². The molecule has 0 aliphatic heterocycles. The molecule has 0 saturated carbocycles. The Labute approximate surface area is 104 Å². The van der Waals surface area contributed by atoms with E-state index < -0.39 is 0 Å². The van der Waals surface area contributed by atoms with Crippen LogP contribution in [0.4, 0.5) is 0 Å². The molecule has 0 aliphatic carbocycles. The molecule has 2 aromatic rings. The Morgan fingerprint density at radius 3 is 2.62 bits per heavy atom. The molecule has 0 saturated heterocycles. The summed E-state index contributed by atoms with van der Waals surface area (Å²) in [5, 5.41) is 2.56. The van der Waals surface area contributed by atoms with E-state index in [0.29, 0.717) is 11.1 Å². The molecule has 0 atom stereocenters. The normalized spacial score (nSPS) is 11.1. The molecule has 2 nitrogen and oxygen atoms in total. The number of rotatable bonds is 2. The van der Waals surface area contributed by atoms with Crippen LogP contribution >= 0.6 is 22.9 Å². The van der Waals surface area contributed by atoms with E-state index in [0.717, 1.165) is 16.4 Å². The third-order valence-corrected chi connectivity index (χ3v) is 3.58. The molecule has 84 valence electrons. The molecule has 16 heavy (non-hydrogen) atoms. The summed E-state index contributed by atoms with van der Waals surface area (Å²) in [6.07, 6.45) is 0. The van der Waals surface area contributed by atoms with Crippen LogP contribution in [-0.2, 0) is 0 Å². The van der Waals surface area contributed by atoms with Crippen LogP contribution < -0.4 is 0 Å². The van der Waals surface area contributed by atoms with Gasteiger partial charge in [0.05, 0.1) is 4.88 Å². The summed E-state index contributed by atoms with van der Waals surface area (Å²) < 4.78 is 0. The van der Waals surface area contributed by atoms with Gasteiger partial charge in [0.1, 0.15) is 5.15 Å². The van der Waals surface area contributed by atoms with E-state index >= 15 is 0 Å². The van der Waals surface area contributed by atoms with Crippen LogP contribution in [0.5, 0.6) is 0 Å². The molecule has 2 rings (SSSR count). The number of hydrogen-bond acceptors (Lipinski definition) is 3. The van der Waals surface area contributed by atoms with E-state index in [-0.39, 0.29) is 0 Å². The summed E-state index contributed by atoms with van der Waals surface area (Å²) in [4.78, 5) is 9.94. The minimum Gasteiger partial charge on any atom is -0.232 e. The van der Waals surface area contributed by atoms with E-state index in [9.17, 15) is 0 Å². The molecular formula is C12H13ClN2S. The van der Waals surface area contributed by atoms with Crippen molar-refractivity contribution in [2.45, 2.75) is 26.7 Å². The first kappa shape index (κ1) is 11.6. The Morgan fingerprint density at radius 2 is 2.06 bits per heavy atom. The predicted molar refractivity (Wildman–Crippen MR) is 69.2 cm³/mol. The monoisotopic (exact) mass is 252 g/mol. The molecule has 2 heterocycles. The SMILES string of the molecule is Cc1ccsc1-c1nc(Cl)cc(C(C)C)n1. The smallest absolute Gasteiger partial charge is 0.171 e. The zero-order valence-electron chi connectivity index (χ0n) is 9.49. The molecule has 0 unspecified atom stereocenters. The van der Waals surface area contributed by atoms with Gasteiger partial charge in [-0.3, -0.25) is 0 Å². The second-order valence-electron chi connectivity index (χ2n) is 4.03. The van der Waals surface area contributed by atoms with Gasteiger partial charge in [0.15, 0.2) is 5.82 Å². The van der Waals surface area contributed by atoms with Crippen LogP contribution in [0.25, 0.3) is 10.7 Å². The average Bonchev–Trinajstić information content (AvgIpc) is 2.63. The molecule has 2 aromatic heterocycles. The third-order valence-electron chi connectivity index (χ3n) is 2.37. The highest BCUT2D eigenvalue weighted by Crippen LogP contribution is 2.28. The van der Waals surface area contributed by atoms with Crippen LogP contribution in [0.1, 0.15) is 31.0 Å². The zero-order chi connectivity index (χ0) is 11.7. The standard InChI is InChI=1S/C12H13ClN2S/c1-7(2)9-6-10(13)15-12(14-9)11-8(3)4-5-16-11/h4-7H,1-3H3. The fraction of sp³-hybridized carbons (Fsp3) is 0.333. The minimum atomic E-state index is 0.361. The van der Waals surface area contributed by atoms with E-state index in [1.807, 2.05) is 11.4 Å². The number of halogens is 1. The lowest BCUT2D eigenvalue weighted by atomic mass is 10.1. The number of thiophene rings is 1. The molecule has 4 heteroatoms. The van der Waals surface area contributed by atoms with Crippen LogP contribution in [0, 0.1) is 6.92 Å². The van der Waals surface area contributed by atoms with Crippen molar-refractivity contribution in [3.63, 3.8) is 0 Å². The van der Waals surface area contributed by atoms with Gasteiger partial charge in [0, 0.05) is 5.69 Å². The molecule has 0 aromatic carbocycles.